The summed E-state index contributed by atoms with van der Waals surface area (Å²) in [5, 5.41) is 3.09. The number of carbonyl (C=O) groups is 1. The number of morpholine rings is 1. The molecule has 2 aliphatic heterocycles. The fraction of sp³-hybridized carbons (Fsp3) is 0.500. The lowest BCUT2D eigenvalue weighted by molar-refractivity contribution is -0.126. The molecule has 0 aromatic heterocycles. The lowest BCUT2D eigenvalue weighted by atomic mass is 9.96. The van der Waals surface area contributed by atoms with Crippen molar-refractivity contribution < 1.29 is 18.7 Å². The Labute approximate surface area is 195 Å². The van der Waals surface area contributed by atoms with Gasteiger partial charge in [0.05, 0.1) is 19.1 Å². The van der Waals surface area contributed by atoms with Crippen molar-refractivity contribution in [3.05, 3.63) is 65.5 Å². The summed E-state index contributed by atoms with van der Waals surface area (Å²) in [6.45, 7) is 7.81. The molecule has 1 unspecified atom stereocenters. The van der Waals surface area contributed by atoms with Crippen LogP contribution in [0, 0.1) is 11.7 Å². The lowest BCUT2D eigenvalue weighted by Crippen LogP contribution is -2.42. The van der Waals surface area contributed by atoms with Crippen LogP contribution in [0.25, 0.3) is 0 Å². The molecule has 2 heterocycles. The molecule has 4 rings (SSSR count). The smallest absolute Gasteiger partial charge is 0.224 e. The summed E-state index contributed by atoms with van der Waals surface area (Å²) in [5.41, 5.74) is 1.97. The molecular weight excluding hydrogens is 421 g/mol. The molecule has 0 spiro atoms. The number of halogens is 1. The van der Waals surface area contributed by atoms with Crippen LogP contribution in [0.5, 0.6) is 5.75 Å². The Bertz CT molecular complexity index is 904. The first-order valence-corrected chi connectivity index (χ1v) is 11.9. The van der Waals surface area contributed by atoms with Gasteiger partial charge in [0.25, 0.3) is 0 Å². The van der Waals surface area contributed by atoms with Crippen molar-refractivity contribution in [2.75, 3.05) is 52.5 Å². The Hall–Kier alpha value is -2.48. The number of piperidine rings is 1. The van der Waals surface area contributed by atoms with E-state index < -0.39 is 0 Å². The summed E-state index contributed by atoms with van der Waals surface area (Å²) < 4.78 is 24.8. The molecule has 2 aromatic carbocycles. The summed E-state index contributed by atoms with van der Waals surface area (Å²) in [4.78, 5) is 17.4. The summed E-state index contributed by atoms with van der Waals surface area (Å²) >= 11 is 0. The van der Waals surface area contributed by atoms with Crippen molar-refractivity contribution in [1.29, 1.82) is 0 Å². The molecule has 0 radical (unpaired) electrons. The van der Waals surface area contributed by atoms with Gasteiger partial charge in [0.15, 0.2) is 0 Å². The number of carbonyl (C=O) groups excluding carboxylic acids is 1. The van der Waals surface area contributed by atoms with Crippen molar-refractivity contribution in [2.45, 2.75) is 25.9 Å². The second kappa shape index (κ2) is 12.1. The van der Waals surface area contributed by atoms with Crippen molar-refractivity contribution >= 4 is 5.91 Å². The molecule has 6 nitrogen and oxygen atoms in total. The third-order valence-electron chi connectivity index (χ3n) is 6.32. The molecule has 2 saturated heterocycles. The summed E-state index contributed by atoms with van der Waals surface area (Å²) in [6, 6.07) is 14.6. The topological polar surface area (TPSA) is 54.0 Å². The van der Waals surface area contributed by atoms with Crippen molar-refractivity contribution in [3.63, 3.8) is 0 Å². The highest BCUT2D eigenvalue weighted by atomic mass is 19.1. The zero-order valence-corrected chi connectivity index (χ0v) is 19.2. The zero-order chi connectivity index (χ0) is 22.9. The molecular formula is C26H34FN3O3. The van der Waals surface area contributed by atoms with Crippen LogP contribution < -0.4 is 10.1 Å². The predicted octanol–water partition coefficient (Wildman–Crippen LogP) is 3.07. The van der Waals surface area contributed by atoms with Gasteiger partial charge in [-0.15, -0.1) is 0 Å². The monoisotopic (exact) mass is 455 g/mol. The van der Waals surface area contributed by atoms with E-state index in [9.17, 15) is 9.18 Å². The number of hydrogen-bond acceptors (Lipinski definition) is 5. The molecule has 2 aliphatic rings. The van der Waals surface area contributed by atoms with Gasteiger partial charge < -0.3 is 14.8 Å². The van der Waals surface area contributed by atoms with Crippen LogP contribution in [-0.4, -0.2) is 68.3 Å². The van der Waals surface area contributed by atoms with Gasteiger partial charge in [-0.2, -0.15) is 0 Å². The molecule has 1 amide bonds. The first-order chi connectivity index (χ1) is 16.2. The molecule has 2 aromatic rings. The Morgan fingerprint density at radius 3 is 2.73 bits per heavy atom. The Kier molecular flexibility index (Phi) is 8.69. The number of nitrogens with one attached hydrogen (secondary N) is 1. The molecule has 178 valence electrons. The van der Waals surface area contributed by atoms with Gasteiger partial charge in [-0.25, -0.2) is 4.39 Å². The number of amides is 1. The Morgan fingerprint density at radius 1 is 1.06 bits per heavy atom. The fourth-order valence-corrected chi connectivity index (χ4v) is 4.50. The lowest BCUT2D eigenvalue weighted by Gasteiger charge is -2.32. The molecule has 0 aliphatic carbocycles. The molecule has 2 fully saturated rings. The van der Waals surface area contributed by atoms with E-state index in [1.165, 1.54) is 6.07 Å². The molecule has 33 heavy (non-hydrogen) atoms. The number of ether oxygens (including phenoxy) is 2. The molecule has 1 atom stereocenters. The third-order valence-corrected chi connectivity index (χ3v) is 6.32. The second-order valence-electron chi connectivity index (χ2n) is 8.87. The van der Waals surface area contributed by atoms with E-state index in [0.717, 1.165) is 69.1 Å². The highest BCUT2D eigenvalue weighted by molar-refractivity contribution is 5.79. The average molecular weight is 456 g/mol. The molecule has 1 N–H and O–H groups in total. The number of rotatable bonds is 9. The number of hydrogen-bond donors (Lipinski definition) is 1. The van der Waals surface area contributed by atoms with Crippen LogP contribution in [0.15, 0.2) is 48.5 Å². The highest BCUT2D eigenvalue weighted by Crippen LogP contribution is 2.20. The SMILES string of the molecule is O=C(NCc1cccc(OCCN2CCOCC2)c1)C1CCCN(Cc2cccc(F)c2)C1. The van der Waals surface area contributed by atoms with Crippen molar-refractivity contribution in [2.24, 2.45) is 5.92 Å². The van der Waals surface area contributed by atoms with E-state index in [-0.39, 0.29) is 17.6 Å². The van der Waals surface area contributed by atoms with Gasteiger partial charge in [0.1, 0.15) is 18.2 Å². The maximum atomic E-state index is 13.5. The maximum absolute atomic E-state index is 13.5. The average Bonchev–Trinajstić information content (AvgIpc) is 2.84. The van der Waals surface area contributed by atoms with Gasteiger partial charge in [-0.3, -0.25) is 14.6 Å². The van der Waals surface area contributed by atoms with E-state index in [1.807, 2.05) is 30.3 Å². The minimum atomic E-state index is -0.217. The zero-order valence-electron chi connectivity index (χ0n) is 19.2. The van der Waals surface area contributed by atoms with Gasteiger partial charge in [-0.1, -0.05) is 24.3 Å². The van der Waals surface area contributed by atoms with Crippen LogP contribution >= 0.6 is 0 Å². The molecule has 0 saturated carbocycles. The van der Waals surface area contributed by atoms with Gasteiger partial charge in [0.2, 0.25) is 5.91 Å². The van der Waals surface area contributed by atoms with Crippen molar-refractivity contribution in [1.82, 2.24) is 15.1 Å². The highest BCUT2D eigenvalue weighted by Gasteiger charge is 2.25. The van der Waals surface area contributed by atoms with Crippen molar-refractivity contribution in [3.8, 4) is 5.75 Å². The summed E-state index contributed by atoms with van der Waals surface area (Å²) in [6.07, 6.45) is 1.86. The van der Waals surface area contributed by atoms with E-state index in [2.05, 4.69) is 15.1 Å². The number of benzene rings is 2. The molecule has 0 bridgehead atoms. The normalized spacial score (nSPS) is 19.8. The standard InChI is InChI=1S/C26H34FN3O3/c27-24-7-1-5-22(16-24)19-30-9-3-6-23(20-30)26(31)28-18-21-4-2-8-25(17-21)33-15-12-29-10-13-32-14-11-29/h1-2,4-5,7-8,16-17,23H,3,6,9-15,18-20H2,(H,28,31). The minimum Gasteiger partial charge on any atom is -0.492 e. The second-order valence-corrected chi connectivity index (χ2v) is 8.87. The largest absolute Gasteiger partial charge is 0.492 e. The predicted molar refractivity (Wildman–Crippen MR) is 125 cm³/mol. The van der Waals surface area contributed by atoms with E-state index in [4.69, 9.17) is 9.47 Å². The quantitative estimate of drug-likeness (QED) is 0.630. The molecule has 7 heteroatoms. The van der Waals surface area contributed by atoms with Gasteiger partial charge in [0, 0.05) is 39.3 Å². The minimum absolute atomic E-state index is 0.0414. The number of likely N-dealkylation sites (tertiary alicyclic amines) is 1. The van der Waals surface area contributed by atoms with Crippen LogP contribution in [-0.2, 0) is 22.6 Å². The van der Waals surface area contributed by atoms with Crippen LogP contribution in [0.3, 0.4) is 0 Å². The summed E-state index contributed by atoms with van der Waals surface area (Å²) in [5.74, 6) is 0.651. The van der Waals surface area contributed by atoms with Crippen LogP contribution in [0.4, 0.5) is 4.39 Å². The fourth-order valence-electron chi connectivity index (χ4n) is 4.50. The first-order valence-electron chi connectivity index (χ1n) is 11.9. The van der Waals surface area contributed by atoms with E-state index in [1.54, 1.807) is 12.1 Å². The van der Waals surface area contributed by atoms with Crippen LogP contribution in [0.2, 0.25) is 0 Å². The Balaban J connectivity index is 1.21. The maximum Gasteiger partial charge on any atom is 0.224 e. The Morgan fingerprint density at radius 2 is 1.88 bits per heavy atom. The van der Waals surface area contributed by atoms with E-state index in [0.29, 0.717) is 26.2 Å². The summed E-state index contributed by atoms with van der Waals surface area (Å²) in [7, 11) is 0. The van der Waals surface area contributed by atoms with Crippen LogP contribution in [0.1, 0.15) is 24.0 Å². The number of nitrogens with zero attached hydrogens (tertiary/aromatic N) is 2. The van der Waals surface area contributed by atoms with Gasteiger partial charge in [-0.05, 0) is 54.8 Å². The third kappa shape index (κ3) is 7.52. The van der Waals surface area contributed by atoms with E-state index >= 15 is 0 Å². The first kappa shape index (κ1) is 23.7. The van der Waals surface area contributed by atoms with Gasteiger partial charge >= 0.3 is 0 Å².